The smallest absolute Gasteiger partial charge is 0.256 e. The van der Waals surface area contributed by atoms with Crippen molar-refractivity contribution >= 4 is 0 Å². The van der Waals surface area contributed by atoms with Crippen molar-refractivity contribution in [3.8, 4) is 0 Å². The van der Waals surface area contributed by atoms with Crippen molar-refractivity contribution in [2.24, 2.45) is 0 Å². The Morgan fingerprint density at radius 1 is 0.947 bits per heavy atom. The molecule has 2 bridgehead atoms. The summed E-state index contributed by atoms with van der Waals surface area (Å²) in [6.45, 7) is 2.09. The molecular weight excluding hydrogens is 240 g/mol. The molecule has 0 aromatic heterocycles. The van der Waals surface area contributed by atoms with Gasteiger partial charge >= 0.3 is 0 Å². The molecule has 2 aromatic rings. The van der Waals surface area contributed by atoms with Crippen LogP contribution in [-0.2, 0) is 20.3 Å². The van der Waals surface area contributed by atoms with Gasteiger partial charge in [-0.05, 0) is 5.56 Å². The average molecular weight is 254 g/mol. The summed E-state index contributed by atoms with van der Waals surface area (Å²) >= 11 is 0. The van der Waals surface area contributed by atoms with Crippen LogP contribution in [0.2, 0.25) is 0 Å². The number of ether oxygens (including phenoxy) is 1. The normalized spacial score (nSPS) is 32.1. The molecular formula is C16H14O3. The van der Waals surface area contributed by atoms with Crippen LogP contribution < -0.4 is 0 Å². The fourth-order valence-corrected chi connectivity index (χ4v) is 2.88. The average Bonchev–Trinajstić information content (AvgIpc) is 2.89. The van der Waals surface area contributed by atoms with Gasteiger partial charge in [-0.15, -0.1) is 0 Å². The number of fused-ring (bicyclic) bond motifs is 4. The number of benzene rings is 2. The molecule has 19 heavy (non-hydrogen) atoms. The second-order valence-corrected chi connectivity index (χ2v) is 5.02. The zero-order chi connectivity index (χ0) is 12.9. The van der Waals surface area contributed by atoms with Gasteiger partial charge in [0.25, 0.3) is 5.79 Å². The van der Waals surface area contributed by atoms with E-state index < -0.39 is 5.79 Å². The van der Waals surface area contributed by atoms with Crippen LogP contribution in [0.1, 0.15) is 29.5 Å². The number of rotatable bonds is 1. The monoisotopic (exact) mass is 254 g/mol. The van der Waals surface area contributed by atoms with Gasteiger partial charge in [0.15, 0.2) is 0 Å². The van der Waals surface area contributed by atoms with Crippen LogP contribution in [0.25, 0.3) is 0 Å². The molecule has 0 unspecified atom stereocenters. The fourth-order valence-electron chi connectivity index (χ4n) is 2.88. The first-order chi connectivity index (χ1) is 9.31. The standard InChI is InChI=1S/C16H14O3/c1-11-13-9-5-6-10-14(13)16(17-15(11)18-19-16)12-7-3-2-4-8-12/h2-11,15H,1H3/t11-,15-,16+/m1/s1. The Morgan fingerprint density at radius 2 is 1.68 bits per heavy atom. The predicted octanol–water partition coefficient (Wildman–Crippen LogP) is 3.31. The molecule has 0 spiro atoms. The van der Waals surface area contributed by atoms with Gasteiger partial charge in [-0.25, -0.2) is 0 Å². The summed E-state index contributed by atoms with van der Waals surface area (Å²) in [5, 5.41) is 0. The van der Waals surface area contributed by atoms with E-state index in [1.165, 1.54) is 5.56 Å². The van der Waals surface area contributed by atoms with Gasteiger partial charge in [0.2, 0.25) is 6.29 Å². The van der Waals surface area contributed by atoms with E-state index in [9.17, 15) is 0 Å². The van der Waals surface area contributed by atoms with Crippen molar-refractivity contribution in [3.63, 3.8) is 0 Å². The van der Waals surface area contributed by atoms with E-state index in [1.807, 2.05) is 48.5 Å². The molecule has 0 amide bonds. The number of hydrogen-bond donors (Lipinski definition) is 0. The van der Waals surface area contributed by atoms with Crippen molar-refractivity contribution in [1.29, 1.82) is 0 Å². The first-order valence-corrected chi connectivity index (χ1v) is 6.48. The van der Waals surface area contributed by atoms with Crippen LogP contribution in [0.4, 0.5) is 0 Å². The SMILES string of the molecule is C[C@@H]1c2ccccc2[C@]2(c3ccccc3)OO[C@H]1O2. The first kappa shape index (κ1) is 11.2. The maximum Gasteiger partial charge on any atom is 0.256 e. The lowest BCUT2D eigenvalue weighted by Crippen LogP contribution is -2.36. The summed E-state index contributed by atoms with van der Waals surface area (Å²) < 4.78 is 6.07. The van der Waals surface area contributed by atoms with E-state index >= 15 is 0 Å². The van der Waals surface area contributed by atoms with Crippen molar-refractivity contribution in [3.05, 3.63) is 71.3 Å². The van der Waals surface area contributed by atoms with Crippen LogP contribution in [0.15, 0.2) is 54.6 Å². The molecule has 3 nitrogen and oxygen atoms in total. The molecule has 0 saturated carbocycles. The third kappa shape index (κ3) is 1.43. The maximum atomic E-state index is 6.07. The highest BCUT2D eigenvalue weighted by atomic mass is 17.3. The summed E-state index contributed by atoms with van der Waals surface area (Å²) in [4.78, 5) is 11.0. The molecule has 2 aliphatic heterocycles. The molecule has 0 radical (unpaired) electrons. The predicted molar refractivity (Wildman–Crippen MR) is 69.1 cm³/mol. The lowest BCUT2D eigenvalue weighted by atomic mass is 9.85. The second kappa shape index (κ2) is 3.90. The van der Waals surface area contributed by atoms with Crippen molar-refractivity contribution in [2.45, 2.75) is 24.9 Å². The summed E-state index contributed by atoms with van der Waals surface area (Å²) in [5.41, 5.74) is 3.21. The Kier molecular flexibility index (Phi) is 2.30. The van der Waals surface area contributed by atoms with Gasteiger partial charge in [0, 0.05) is 17.0 Å². The van der Waals surface area contributed by atoms with Gasteiger partial charge in [0.05, 0.1) is 0 Å². The minimum Gasteiger partial charge on any atom is -0.307 e. The Morgan fingerprint density at radius 3 is 2.53 bits per heavy atom. The summed E-state index contributed by atoms with van der Waals surface area (Å²) in [5.74, 6) is -0.759. The molecule has 0 aliphatic carbocycles. The van der Waals surface area contributed by atoms with E-state index in [-0.39, 0.29) is 12.2 Å². The molecule has 1 saturated heterocycles. The van der Waals surface area contributed by atoms with Crippen LogP contribution >= 0.6 is 0 Å². The molecule has 4 rings (SSSR count). The van der Waals surface area contributed by atoms with Crippen LogP contribution in [-0.4, -0.2) is 6.29 Å². The molecule has 0 N–H and O–H groups in total. The first-order valence-electron chi connectivity index (χ1n) is 6.48. The van der Waals surface area contributed by atoms with Crippen LogP contribution in [0.3, 0.4) is 0 Å². The van der Waals surface area contributed by atoms with E-state index in [0.29, 0.717) is 0 Å². The van der Waals surface area contributed by atoms with Crippen molar-refractivity contribution < 1.29 is 14.5 Å². The van der Waals surface area contributed by atoms with Gasteiger partial charge in [0.1, 0.15) is 0 Å². The van der Waals surface area contributed by atoms with Crippen molar-refractivity contribution in [2.75, 3.05) is 0 Å². The zero-order valence-corrected chi connectivity index (χ0v) is 10.6. The third-order valence-corrected chi connectivity index (χ3v) is 3.91. The van der Waals surface area contributed by atoms with Crippen LogP contribution in [0.5, 0.6) is 0 Å². The van der Waals surface area contributed by atoms with Crippen molar-refractivity contribution in [1.82, 2.24) is 0 Å². The Hall–Kier alpha value is -1.68. The molecule has 3 heteroatoms. The minimum absolute atomic E-state index is 0.163. The Labute approximate surface area is 111 Å². The Bertz CT molecular complexity index is 610. The molecule has 96 valence electrons. The quantitative estimate of drug-likeness (QED) is 0.731. The highest BCUT2D eigenvalue weighted by Crippen LogP contribution is 2.51. The minimum atomic E-state index is -0.922. The van der Waals surface area contributed by atoms with E-state index in [4.69, 9.17) is 14.5 Å². The summed E-state index contributed by atoms with van der Waals surface area (Å²) in [7, 11) is 0. The molecule has 1 fully saturated rings. The highest BCUT2D eigenvalue weighted by molar-refractivity contribution is 5.43. The van der Waals surface area contributed by atoms with E-state index in [2.05, 4.69) is 13.0 Å². The van der Waals surface area contributed by atoms with E-state index in [1.54, 1.807) is 0 Å². The topological polar surface area (TPSA) is 27.7 Å². The molecule has 2 aromatic carbocycles. The zero-order valence-electron chi connectivity index (χ0n) is 10.6. The van der Waals surface area contributed by atoms with Gasteiger partial charge in [-0.3, -0.25) is 0 Å². The van der Waals surface area contributed by atoms with Gasteiger partial charge < -0.3 is 4.74 Å². The Balaban J connectivity index is 1.97. The lowest BCUT2D eigenvalue weighted by Gasteiger charge is -2.34. The van der Waals surface area contributed by atoms with Gasteiger partial charge in [-0.1, -0.05) is 61.5 Å². The van der Waals surface area contributed by atoms with E-state index in [0.717, 1.165) is 11.1 Å². The molecule has 2 aliphatic rings. The summed E-state index contributed by atoms with van der Waals surface area (Å²) in [6.07, 6.45) is -0.352. The lowest BCUT2D eigenvalue weighted by molar-refractivity contribution is -0.321. The highest BCUT2D eigenvalue weighted by Gasteiger charge is 2.54. The summed E-state index contributed by atoms with van der Waals surface area (Å²) in [6, 6.07) is 18.1. The number of hydrogen-bond acceptors (Lipinski definition) is 3. The van der Waals surface area contributed by atoms with Crippen LogP contribution in [0, 0.1) is 0 Å². The fraction of sp³-hybridized carbons (Fsp3) is 0.250. The second-order valence-electron chi connectivity index (χ2n) is 5.02. The molecule has 3 atom stereocenters. The maximum absolute atomic E-state index is 6.07. The molecule has 2 heterocycles. The largest absolute Gasteiger partial charge is 0.307 e. The van der Waals surface area contributed by atoms with Gasteiger partial charge in [-0.2, -0.15) is 9.78 Å². The third-order valence-electron chi connectivity index (χ3n) is 3.91.